The molecule has 0 amide bonds. The molecule has 1 aromatic rings. The molecule has 0 saturated carbocycles. The quantitative estimate of drug-likeness (QED) is 0.409. The number of nitrogen functional groups attached to an aromatic ring is 1. The van der Waals surface area contributed by atoms with Crippen molar-refractivity contribution in [2.45, 2.75) is 76.3 Å². The van der Waals surface area contributed by atoms with Gasteiger partial charge in [0.05, 0.1) is 27.7 Å². The van der Waals surface area contributed by atoms with Gasteiger partial charge in [-0.25, -0.2) is 0 Å². The SMILES string of the molecule is CC(c1cc(N2CCC([N+](C)(C)C)C2)cc(CC[Si](C)(C)C)c1N)C(C)(C)[SiH3]. The van der Waals surface area contributed by atoms with Gasteiger partial charge in [-0.15, -0.1) is 0 Å². The van der Waals surface area contributed by atoms with Crippen LogP contribution in [0.4, 0.5) is 11.4 Å². The zero-order valence-corrected chi connectivity index (χ0v) is 23.3. The number of nitrogens with zero attached hydrogens (tertiary/aromatic N) is 2. The van der Waals surface area contributed by atoms with E-state index in [9.17, 15) is 0 Å². The fourth-order valence-electron chi connectivity index (χ4n) is 4.05. The lowest BCUT2D eigenvalue weighted by Gasteiger charge is -2.33. The first kappa shape index (κ1) is 23.5. The normalized spacial score (nSPS) is 20.0. The van der Waals surface area contributed by atoms with Crippen molar-refractivity contribution in [3.05, 3.63) is 23.3 Å². The molecule has 1 aliphatic heterocycles. The molecule has 0 radical (unpaired) electrons. The van der Waals surface area contributed by atoms with E-state index in [4.69, 9.17) is 5.73 Å². The fraction of sp³-hybridized carbons (Fsp3) is 0.739. The summed E-state index contributed by atoms with van der Waals surface area (Å²) in [5.41, 5.74) is 12.0. The number of hydrogen-bond acceptors (Lipinski definition) is 2. The lowest BCUT2D eigenvalue weighted by molar-refractivity contribution is -0.893. The number of aryl methyl sites for hydroxylation is 1. The molecule has 2 N–H and O–H groups in total. The summed E-state index contributed by atoms with van der Waals surface area (Å²) in [6.45, 7) is 16.9. The Hall–Kier alpha value is -0.786. The summed E-state index contributed by atoms with van der Waals surface area (Å²) >= 11 is 0. The Morgan fingerprint density at radius 1 is 1.25 bits per heavy atom. The second-order valence-electron chi connectivity index (χ2n) is 12.3. The maximum atomic E-state index is 6.78. The van der Waals surface area contributed by atoms with E-state index in [-0.39, 0.29) is 0 Å². The molecule has 0 aromatic heterocycles. The number of hydrogen-bond donors (Lipinski definition) is 1. The molecule has 1 aromatic carbocycles. The molecule has 1 saturated heterocycles. The molecule has 5 heteroatoms. The van der Waals surface area contributed by atoms with E-state index in [1.54, 1.807) is 0 Å². The van der Waals surface area contributed by atoms with Crippen molar-refractivity contribution < 1.29 is 4.48 Å². The van der Waals surface area contributed by atoms with Crippen LogP contribution >= 0.6 is 0 Å². The van der Waals surface area contributed by atoms with Gasteiger partial charge in [0.15, 0.2) is 0 Å². The average Bonchev–Trinajstić information content (AvgIpc) is 3.01. The Morgan fingerprint density at radius 2 is 1.86 bits per heavy atom. The number of anilines is 2. The van der Waals surface area contributed by atoms with Crippen molar-refractivity contribution in [3.63, 3.8) is 0 Å². The zero-order valence-electron chi connectivity index (χ0n) is 20.3. The van der Waals surface area contributed by atoms with Gasteiger partial charge in [-0.2, -0.15) is 0 Å². The number of quaternary nitrogens is 1. The van der Waals surface area contributed by atoms with Gasteiger partial charge in [-0.1, -0.05) is 46.5 Å². The van der Waals surface area contributed by atoms with Crippen LogP contribution in [0.1, 0.15) is 44.2 Å². The molecule has 1 fully saturated rings. The van der Waals surface area contributed by atoms with E-state index < -0.39 is 8.07 Å². The van der Waals surface area contributed by atoms with Crippen LogP contribution < -0.4 is 10.6 Å². The lowest BCUT2D eigenvalue weighted by atomic mass is 9.86. The number of nitrogens with two attached hydrogens (primary N) is 1. The van der Waals surface area contributed by atoms with E-state index in [0.29, 0.717) is 17.0 Å². The molecular formula is C23H46N3Si2+. The second kappa shape index (κ2) is 8.15. The number of benzene rings is 1. The van der Waals surface area contributed by atoms with Crippen LogP contribution in [0.3, 0.4) is 0 Å². The first-order chi connectivity index (χ1) is 12.6. The third kappa shape index (κ3) is 5.86. The van der Waals surface area contributed by atoms with Gasteiger partial charge >= 0.3 is 0 Å². The lowest BCUT2D eigenvalue weighted by Crippen LogP contribution is -2.46. The molecular weight excluding hydrogens is 374 g/mol. The Bertz CT molecular complexity index is 681. The minimum Gasteiger partial charge on any atom is -0.398 e. The van der Waals surface area contributed by atoms with E-state index in [0.717, 1.165) is 29.7 Å². The first-order valence-corrected chi connectivity index (χ1v) is 15.8. The predicted octanol–water partition coefficient (Wildman–Crippen LogP) is 4.10. The van der Waals surface area contributed by atoms with Crippen molar-refractivity contribution in [1.82, 2.24) is 0 Å². The molecule has 1 heterocycles. The molecule has 2 unspecified atom stereocenters. The average molecular weight is 421 g/mol. The fourth-order valence-corrected chi connectivity index (χ4v) is 5.38. The largest absolute Gasteiger partial charge is 0.398 e. The number of rotatable bonds is 7. The Morgan fingerprint density at radius 3 is 2.32 bits per heavy atom. The molecule has 2 atom stereocenters. The highest BCUT2D eigenvalue weighted by Crippen LogP contribution is 2.43. The Kier molecular flexibility index (Phi) is 6.84. The standard InChI is InChI=1S/C23H46N3Si2/c1-17(23(2,3)27)21-15-19(25-12-10-20(16-25)26(4,5)6)14-18(22(21)24)11-13-28(7,8)9/h14-15,17,20H,10-13,16,24H2,1-9,27H3/q+1. The summed E-state index contributed by atoms with van der Waals surface area (Å²) in [7, 11) is 7.06. The minimum atomic E-state index is -1.09. The van der Waals surface area contributed by atoms with Crippen molar-refractivity contribution >= 4 is 29.7 Å². The van der Waals surface area contributed by atoms with Crippen LogP contribution in [0.5, 0.6) is 0 Å². The van der Waals surface area contributed by atoms with Crippen molar-refractivity contribution in [2.75, 3.05) is 44.9 Å². The summed E-state index contributed by atoms with van der Waals surface area (Å²) in [5, 5.41) is 0.346. The molecule has 160 valence electrons. The van der Waals surface area contributed by atoms with Gasteiger partial charge in [0.25, 0.3) is 0 Å². The van der Waals surface area contributed by atoms with Crippen LogP contribution in [-0.2, 0) is 6.42 Å². The van der Waals surface area contributed by atoms with Crippen LogP contribution in [0, 0.1) is 0 Å². The third-order valence-corrected chi connectivity index (χ3v) is 9.43. The third-order valence-electron chi connectivity index (χ3n) is 6.82. The van der Waals surface area contributed by atoms with Gasteiger partial charge in [-0.3, -0.25) is 0 Å². The predicted molar refractivity (Wildman–Crippen MR) is 134 cm³/mol. The maximum Gasteiger partial charge on any atom is 0.108 e. The van der Waals surface area contributed by atoms with E-state index in [1.165, 1.54) is 39.5 Å². The monoisotopic (exact) mass is 420 g/mol. The van der Waals surface area contributed by atoms with Gasteiger partial charge in [0.2, 0.25) is 0 Å². The minimum absolute atomic E-state index is 0.346. The van der Waals surface area contributed by atoms with E-state index >= 15 is 0 Å². The molecule has 1 aliphatic rings. The highest BCUT2D eigenvalue weighted by molar-refractivity contribution is 6.76. The molecule has 0 spiro atoms. The molecule has 0 aliphatic carbocycles. The Labute approximate surface area is 178 Å². The van der Waals surface area contributed by atoms with Crippen LogP contribution in [0.15, 0.2) is 12.1 Å². The maximum absolute atomic E-state index is 6.78. The Balaban J connectivity index is 2.42. The summed E-state index contributed by atoms with van der Waals surface area (Å²) in [6.07, 6.45) is 2.40. The first-order valence-electron chi connectivity index (χ1n) is 11.1. The van der Waals surface area contributed by atoms with Gasteiger partial charge in [-0.05, 0) is 40.6 Å². The number of likely N-dealkylation sites (N-methyl/N-ethyl adjacent to an activating group) is 1. The van der Waals surface area contributed by atoms with Crippen molar-refractivity contribution in [3.8, 4) is 0 Å². The van der Waals surface area contributed by atoms with Crippen LogP contribution in [0.25, 0.3) is 0 Å². The summed E-state index contributed by atoms with van der Waals surface area (Å²) < 4.78 is 1.05. The van der Waals surface area contributed by atoms with Crippen LogP contribution in [-0.4, -0.2) is 63.1 Å². The topological polar surface area (TPSA) is 29.3 Å². The van der Waals surface area contributed by atoms with Gasteiger partial charge < -0.3 is 15.1 Å². The highest BCUT2D eigenvalue weighted by Gasteiger charge is 2.33. The summed E-state index contributed by atoms with van der Waals surface area (Å²) in [6, 6.07) is 6.86. The molecule has 2 rings (SSSR count). The van der Waals surface area contributed by atoms with Gasteiger partial charge in [0.1, 0.15) is 6.04 Å². The highest BCUT2D eigenvalue weighted by atomic mass is 28.3. The van der Waals surface area contributed by atoms with Gasteiger partial charge in [0, 0.05) is 42.7 Å². The summed E-state index contributed by atoms with van der Waals surface area (Å²) in [5.74, 6) is 0.501. The van der Waals surface area contributed by atoms with Crippen molar-refractivity contribution in [1.29, 1.82) is 0 Å². The summed E-state index contributed by atoms with van der Waals surface area (Å²) in [4.78, 5) is 2.61. The van der Waals surface area contributed by atoms with E-state index in [2.05, 4.69) is 78.6 Å². The molecule has 3 nitrogen and oxygen atoms in total. The van der Waals surface area contributed by atoms with Crippen molar-refractivity contribution in [2.24, 2.45) is 0 Å². The smallest absolute Gasteiger partial charge is 0.108 e. The second-order valence-corrected chi connectivity index (χ2v) is 20.5. The zero-order chi connectivity index (χ0) is 21.5. The van der Waals surface area contributed by atoms with Crippen LogP contribution in [0.2, 0.25) is 30.7 Å². The van der Waals surface area contributed by atoms with E-state index in [1.807, 2.05) is 0 Å². The molecule has 28 heavy (non-hydrogen) atoms. The molecule has 0 bridgehead atoms.